The molecule has 1 unspecified atom stereocenters. The van der Waals surface area contributed by atoms with Crippen LogP contribution in [0.15, 0.2) is 70.4 Å². The number of allylic oxidation sites excluding steroid dienone is 3. The Kier molecular flexibility index (Phi) is 10.8. The molecule has 35 heavy (non-hydrogen) atoms. The average Bonchev–Trinajstić information content (AvgIpc) is 2.85. The van der Waals surface area contributed by atoms with Crippen molar-refractivity contribution in [1.82, 2.24) is 10.2 Å². The van der Waals surface area contributed by atoms with E-state index in [-0.39, 0.29) is 24.1 Å². The number of rotatable bonds is 9. The minimum Gasteiger partial charge on any atom is -0.382 e. The van der Waals surface area contributed by atoms with Crippen LogP contribution in [0.3, 0.4) is 0 Å². The number of anilines is 1. The normalized spacial score (nSPS) is 19.8. The monoisotopic (exact) mass is 494 g/mol. The van der Waals surface area contributed by atoms with Crippen molar-refractivity contribution in [2.75, 3.05) is 31.5 Å². The van der Waals surface area contributed by atoms with Crippen LogP contribution in [0, 0.1) is 5.92 Å². The van der Waals surface area contributed by atoms with Crippen LogP contribution in [0.4, 0.5) is 5.69 Å². The molecule has 1 aromatic rings. The average molecular weight is 495 g/mol. The highest BCUT2D eigenvalue weighted by molar-refractivity contribution is 7.97. The zero-order valence-corrected chi connectivity index (χ0v) is 21.6. The van der Waals surface area contributed by atoms with Crippen LogP contribution in [-0.2, 0) is 9.59 Å². The van der Waals surface area contributed by atoms with Gasteiger partial charge in [0.1, 0.15) is 0 Å². The van der Waals surface area contributed by atoms with Gasteiger partial charge < -0.3 is 15.5 Å². The molecule has 1 amide bonds. The van der Waals surface area contributed by atoms with Gasteiger partial charge in [0.05, 0.1) is 18.8 Å². The van der Waals surface area contributed by atoms with E-state index in [1.807, 2.05) is 6.07 Å². The molecule has 7 heteroatoms. The highest BCUT2D eigenvalue weighted by Gasteiger charge is 2.24. The van der Waals surface area contributed by atoms with Crippen LogP contribution < -0.4 is 10.6 Å². The topological polar surface area (TPSA) is 73.8 Å². The van der Waals surface area contributed by atoms with Crippen LogP contribution in [-0.4, -0.2) is 54.9 Å². The molecule has 1 fully saturated rings. The van der Waals surface area contributed by atoms with Crippen LogP contribution in [0.2, 0.25) is 0 Å². The SMILES string of the molecule is C=NC1=C(C(=O)S)CN(C(=O)CNCCC2=CCC(C)C=C2)CC1.c1ccc(NC2CCC2)cc1. The number of thiol groups is 1. The first-order valence-electron chi connectivity index (χ1n) is 12.6. The van der Waals surface area contributed by atoms with E-state index in [2.05, 4.69) is 84.4 Å². The second-order valence-corrected chi connectivity index (χ2v) is 9.78. The number of aliphatic imine (C=N–C) groups is 1. The molecular weight excluding hydrogens is 456 g/mol. The van der Waals surface area contributed by atoms with Crippen molar-refractivity contribution >= 4 is 36.1 Å². The van der Waals surface area contributed by atoms with Crippen LogP contribution >= 0.6 is 12.6 Å². The van der Waals surface area contributed by atoms with Crippen molar-refractivity contribution in [1.29, 1.82) is 0 Å². The lowest BCUT2D eigenvalue weighted by atomic mass is 9.93. The van der Waals surface area contributed by atoms with E-state index in [0.717, 1.165) is 25.4 Å². The van der Waals surface area contributed by atoms with Gasteiger partial charge in [-0.3, -0.25) is 14.6 Å². The standard InChI is InChI=1S/C18H25N3O2S.C10H13N/c1-13-3-5-14(6-4-13)7-9-20-11-17(22)21-10-8-16(19-2)15(12-21)18(23)24;1-2-5-9(6-3-1)11-10-7-4-8-10/h3,5-6,13,20H,2,4,7-12H2,1H3,(H,23,24);1-3,5-6,10-11H,4,7-8H2. The summed E-state index contributed by atoms with van der Waals surface area (Å²) in [5.41, 5.74) is 3.70. The van der Waals surface area contributed by atoms with Gasteiger partial charge in [0.25, 0.3) is 0 Å². The van der Waals surface area contributed by atoms with Crippen LogP contribution in [0.25, 0.3) is 0 Å². The molecule has 0 bridgehead atoms. The molecule has 4 rings (SSSR count). The van der Waals surface area contributed by atoms with E-state index >= 15 is 0 Å². The molecule has 1 aromatic carbocycles. The fourth-order valence-electron chi connectivity index (χ4n) is 4.15. The van der Waals surface area contributed by atoms with Crippen molar-refractivity contribution in [3.05, 3.63) is 65.4 Å². The van der Waals surface area contributed by atoms with Gasteiger partial charge in [-0.1, -0.05) is 48.9 Å². The molecule has 6 nitrogen and oxygen atoms in total. The molecule has 1 heterocycles. The Morgan fingerprint density at radius 3 is 2.60 bits per heavy atom. The van der Waals surface area contributed by atoms with E-state index in [1.54, 1.807) is 4.90 Å². The predicted molar refractivity (Wildman–Crippen MR) is 148 cm³/mol. The van der Waals surface area contributed by atoms with E-state index in [1.165, 1.54) is 30.5 Å². The molecule has 2 N–H and O–H groups in total. The van der Waals surface area contributed by atoms with Gasteiger partial charge in [-0.2, -0.15) is 0 Å². The lowest BCUT2D eigenvalue weighted by Crippen LogP contribution is -2.42. The Balaban J connectivity index is 0.000000256. The maximum atomic E-state index is 12.3. The lowest BCUT2D eigenvalue weighted by molar-refractivity contribution is -0.130. The Bertz CT molecular complexity index is 966. The van der Waals surface area contributed by atoms with Crippen molar-refractivity contribution in [3.8, 4) is 0 Å². The molecule has 0 saturated heterocycles. The van der Waals surface area contributed by atoms with Gasteiger partial charge in [-0.05, 0) is 63.4 Å². The molecule has 188 valence electrons. The number of para-hydroxylation sites is 1. The zero-order valence-electron chi connectivity index (χ0n) is 20.7. The third kappa shape index (κ3) is 8.82. The minimum atomic E-state index is -0.340. The summed E-state index contributed by atoms with van der Waals surface area (Å²) >= 11 is 3.86. The minimum absolute atomic E-state index is 0.00742. The third-order valence-corrected chi connectivity index (χ3v) is 6.89. The molecule has 1 atom stereocenters. The maximum absolute atomic E-state index is 12.3. The van der Waals surface area contributed by atoms with Gasteiger partial charge in [0.2, 0.25) is 11.0 Å². The fourth-order valence-corrected chi connectivity index (χ4v) is 4.35. The number of hydrogen-bond acceptors (Lipinski definition) is 5. The van der Waals surface area contributed by atoms with E-state index in [9.17, 15) is 9.59 Å². The van der Waals surface area contributed by atoms with Gasteiger partial charge in [-0.25, -0.2) is 0 Å². The molecule has 2 aliphatic carbocycles. The Morgan fingerprint density at radius 1 is 1.23 bits per heavy atom. The van der Waals surface area contributed by atoms with Gasteiger partial charge in [0, 0.05) is 30.3 Å². The Hall–Kier alpha value is -2.64. The van der Waals surface area contributed by atoms with Crippen LogP contribution in [0.1, 0.15) is 45.4 Å². The first-order valence-corrected chi connectivity index (χ1v) is 13.0. The second-order valence-electron chi connectivity index (χ2n) is 9.37. The third-order valence-electron chi connectivity index (χ3n) is 6.62. The molecule has 0 aromatic heterocycles. The molecule has 0 radical (unpaired) electrons. The number of nitrogens with one attached hydrogen (secondary N) is 2. The number of carbonyl (C=O) groups is 2. The first-order chi connectivity index (χ1) is 17.0. The van der Waals surface area contributed by atoms with Gasteiger partial charge in [-0.15, -0.1) is 12.6 Å². The van der Waals surface area contributed by atoms with Crippen LogP contribution in [0.5, 0.6) is 0 Å². The fraction of sp³-hybridized carbons (Fsp3) is 0.464. The van der Waals surface area contributed by atoms with Gasteiger partial charge >= 0.3 is 0 Å². The summed E-state index contributed by atoms with van der Waals surface area (Å²) in [6, 6.07) is 11.2. The predicted octanol–water partition coefficient (Wildman–Crippen LogP) is 4.78. The smallest absolute Gasteiger partial charge is 0.236 e. The Labute approximate surface area is 215 Å². The molecule has 1 saturated carbocycles. The van der Waals surface area contributed by atoms with E-state index < -0.39 is 0 Å². The highest BCUT2D eigenvalue weighted by atomic mass is 32.1. The van der Waals surface area contributed by atoms with Crippen molar-refractivity contribution in [2.45, 2.75) is 51.5 Å². The van der Waals surface area contributed by atoms with Crippen molar-refractivity contribution in [3.63, 3.8) is 0 Å². The first kappa shape index (κ1) is 27.0. The van der Waals surface area contributed by atoms with Gasteiger partial charge in [0.15, 0.2) is 0 Å². The number of benzene rings is 1. The largest absolute Gasteiger partial charge is 0.382 e. The number of nitrogens with zero attached hydrogens (tertiary/aromatic N) is 2. The summed E-state index contributed by atoms with van der Waals surface area (Å²) in [4.78, 5) is 29.4. The van der Waals surface area contributed by atoms with Crippen molar-refractivity contribution in [2.24, 2.45) is 10.9 Å². The second kappa shape index (κ2) is 14.0. The summed E-state index contributed by atoms with van der Waals surface area (Å²) in [5, 5.41) is 6.33. The number of carbonyl (C=O) groups excluding carboxylic acids is 2. The zero-order chi connectivity index (χ0) is 25.0. The highest BCUT2D eigenvalue weighted by Crippen LogP contribution is 2.23. The summed E-state index contributed by atoms with van der Waals surface area (Å²) in [6.07, 6.45) is 13.3. The van der Waals surface area contributed by atoms with Crippen molar-refractivity contribution < 1.29 is 9.59 Å². The van der Waals surface area contributed by atoms with E-state index in [0.29, 0.717) is 30.2 Å². The summed E-state index contributed by atoms with van der Waals surface area (Å²) in [6.45, 7) is 7.54. The summed E-state index contributed by atoms with van der Waals surface area (Å²) < 4.78 is 0. The van der Waals surface area contributed by atoms with E-state index in [4.69, 9.17) is 0 Å². The number of amides is 1. The molecule has 0 spiro atoms. The maximum Gasteiger partial charge on any atom is 0.236 e. The molecule has 1 aliphatic heterocycles. The summed E-state index contributed by atoms with van der Waals surface area (Å²) in [7, 11) is 0. The number of hydrogen-bond donors (Lipinski definition) is 3. The Morgan fingerprint density at radius 2 is 2.00 bits per heavy atom. The lowest BCUT2D eigenvalue weighted by Gasteiger charge is -2.28. The summed E-state index contributed by atoms with van der Waals surface area (Å²) in [5.74, 6) is 0.612. The molecular formula is C28H38N4O2S. The molecule has 3 aliphatic rings. The quantitative estimate of drug-likeness (QED) is 0.262.